The lowest BCUT2D eigenvalue weighted by atomic mass is 10.2. The predicted molar refractivity (Wildman–Crippen MR) is 104 cm³/mol. The number of hydrogen-bond acceptors (Lipinski definition) is 7. The summed E-state index contributed by atoms with van der Waals surface area (Å²) in [5.41, 5.74) is -0.633. The Kier molecular flexibility index (Phi) is 6.28. The summed E-state index contributed by atoms with van der Waals surface area (Å²) in [6, 6.07) is 1.24. The molecule has 1 amide bonds. The van der Waals surface area contributed by atoms with E-state index in [0.717, 1.165) is 12.3 Å². The minimum atomic E-state index is -4.45. The number of piperazine rings is 1. The van der Waals surface area contributed by atoms with Gasteiger partial charge >= 0.3 is 6.18 Å². The Labute approximate surface area is 177 Å². The summed E-state index contributed by atoms with van der Waals surface area (Å²) in [5.74, 6) is 0.102. The number of nitrogens with zero attached hydrogens (tertiary/aromatic N) is 4. The minimum absolute atomic E-state index is 0.0923. The van der Waals surface area contributed by atoms with Crippen molar-refractivity contribution < 1.29 is 30.9 Å². The van der Waals surface area contributed by atoms with Crippen LogP contribution < -0.4 is 9.62 Å². The Bertz CT molecular complexity index is 1030. The molecule has 0 aliphatic carbocycles. The molecule has 2 aromatic heterocycles. The number of amides is 1. The number of aryl methyl sites for hydroxylation is 2. The summed E-state index contributed by atoms with van der Waals surface area (Å²) < 4.78 is 70.4. The van der Waals surface area contributed by atoms with E-state index in [9.17, 15) is 26.4 Å². The first-order valence-electron chi connectivity index (χ1n) is 9.42. The van der Waals surface area contributed by atoms with E-state index in [4.69, 9.17) is 4.52 Å². The molecule has 170 valence electrons. The van der Waals surface area contributed by atoms with E-state index in [0.29, 0.717) is 18.9 Å². The van der Waals surface area contributed by atoms with Crippen molar-refractivity contribution in [2.45, 2.75) is 37.9 Å². The van der Waals surface area contributed by atoms with Crippen LogP contribution in [0.4, 0.5) is 19.0 Å². The molecule has 1 N–H and O–H groups in total. The molecule has 1 fully saturated rings. The van der Waals surface area contributed by atoms with Crippen molar-refractivity contribution in [1.82, 2.24) is 19.8 Å². The van der Waals surface area contributed by atoms with Crippen molar-refractivity contribution in [1.29, 1.82) is 0 Å². The van der Waals surface area contributed by atoms with Crippen LogP contribution in [0.5, 0.6) is 0 Å². The van der Waals surface area contributed by atoms with Gasteiger partial charge in [-0.1, -0.05) is 5.16 Å². The van der Waals surface area contributed by atoms with Gasteiger partial charge < -0.3 is 14.3 Å². The van der Waals surface area contributed by atoms with Crippen LogP contribution in [0.2, 0.25) is 0 Å². The van der Waals surface area contributed by atoms with Gasteiger partial charge in [0.1, 0.15) is 16.4 Å². The van der Waals surface area contributed by atoms with Crippen LogP contribution in [0.15, 0.2) is 27.7 Å². The van der Waals surface area contributed by atoms with E-state index in [1.807, 2.05) is 0 Å². The molecule has 31 heavy (non-hydrogen) atoms. The molecule has 3 rings (SSSR count). The third kappa shape index (κ3) is 4.98. The summed E-state index contributed by atoms with van der Waals surface area (Å²) in [6.45, 7) is 5.67. The van der Waals surface area contributed by atoms with E-state index in [2.05, 4.69) is 14.9 Å². The van der Waals surface area contributed by atoms with Crippen molar-refractivity contribution in [3.05, 3.63) is 35.3 Å². The summed E-state index contributed by atoms with van der Waals surface area (Å²) in [5, 5.41) is 3.62. The standard InChI is InChI=1S/C18H22F3N5O4S/c1-11-16(13(3)30-23-11)31(28,29)24-12(2)17(27)26-8-6-25(7-9-26)15-5-4-14(10-22-15)18(19,20)21/h4-5,10,12,24H,6-9H2,1-3H3/t12-/m0/s1. The van der Waals surface area contributed by atoms with Gasteiger partial charge in [0.2, 0.25) is 15.9 Å². The smallest absolute Gasteiger partial charge is 0.360 e. The van der Waals surface area contributed by atoms with Crippen LogP contribution in [0.25, 0.3) is 0 Å². The van der Waals surface area contributed by atoms with Gasteiger partial charge in [0.15, 0.2) is 5.76 Å². The number of carbonyl (C=O) groups is 1. The Hall–Kier alpha value is -2.67. The zero-order chi connectivity index (χ0) is 23.0. The molecular weight excluding hydrogens is 439 g/mol. The third-order valence-electron chi connectivity index (χ3n) is 4.93. The van der Waals surface area contributed by atoms with Crippen molar-refractivity contribution in [3.8, 4) is 0 Å². The second-order valence-electron chi connectivity index (χ2n) is 7.21. The van der Waals surface area contributed by atoms with Gasteiger partial charge in [0, 0.05) is 32.4 Å². The molecule has 13 heteroatoms. The average molecular weight is 461 g/mol. The first-order valence-corrected chi connectivity index (χ1v) is 10.9. The summed E-state index contributed by atoms with van der Waals surface area (Å²) in [7, 11) is -4.00. The first kappa shape index (κ1) is 23.0. The van der Waals surface area contributed by atoms with Crippen molar-refractivity contribution in [3.63, 3.8) is 0 Å². The zero-order valence-corrected chi connectivity index (χ0v) is 17.9. The van der Waals surface area contributed by atoms with E-state index >= 15 is 0 Å². The molecule has 0 radical (unpaired) electrons. The number of alkyl halides is 3. The van der Waals surface area contributed by atoms with E-state index in [1.165, 1.54) is 31.7 Å². The molecule has 0 unspecified atom stereocenters. The maximum absolute atomic E-state index is 12.7. The number of nitrogens with one attached hydrogen (secondary N) is 1. The summed E-state index contributed by atoms with van der Waals surface area (Å²) in [6.07, 6.45) is -3.68. The highest BCUT2D eigenvalue weighted by Crippen LogP contribution is 2.29. The number of carbonyl (C=O) groups excluding carboxylic acids is 1. The van der Waals surface area contributed by atoms with Gasteiger partial charge in [0.05, 0.1) is 11.6 Å². The molecule has 1 aliphatic rings. The lowest BCUT2D eigenvalue weighted by Gasteiger charge is -2.36. The Morgan fingerprint density at radius 1 is 1.19 bits per heavy atom. The fourth-order valence-electron chi connectivity index (χ4n) is 3.37. The topological polar surface area (TPSA) is 109 Å². The second kappa shape index (κ2) is 8.46. The summed E-state index contributed by atoms with van der Waals surface area (Å²) >= 11 is 0. The Balaban J connectivity index is 1.60. The third-order valence-corrected chi connectivity index (χ3v) is 6.71. The highest BCUT2D eigenvalue weighted by atomic mass is 32.2. The molecule has 2 aromatic rings. The first-order chi connectivity index (χ1) is 14.4. The van der Waals surface area contributed by atoms with Crippen LogP contribution in [0.3, 0.4) is 0 Å². The van der Waals surface area contributed by atoms with E-state index in [-0.39, 0.29) is 29.4 Å². The number of pyridine rings is 1. The highest BCUT2D eigenvalue weighted by Gasteiger charge is 2.33. The fourth-order valence-corrected chi connectivity index (χ4v) is 4.90. The van der Waals surface area contributed by atoms with Gasteiger partial charge in [0.25, 0.3) is 0 Å². The van der Waals surface area contributed by atoms with Crippen LogP contribution >= 0.6 is 0 Å². The Morgan fingerprint density at radius 3 is 2.32 bits per heavy atom. The molecule has 0 saturated carbocycles. The normalized spacial score (nSPS) is 16.5. The monoisotopic (exact) mass is 461 g/mol. The maximum Gasteiger partial charge on any atom is 0.417 e. The molecule has 1 aliphatic heterocycles. The van der Waals surface area contributed by atoms with Gasteiger partial charge in [-0.15, -0.1) is 0 Å². The lowest BCUT2D eigenvalue weighted by Crippen LogP contribution is -2.54. The van der Waals surface area contributed by atoms with Gasteiger partial charge in [-0.2, -0.15) is 17.9 Å². The number of anilines is 1. The molecular formula is C18H22F3N5O4S. The molecule has 9 nitrogen and oxygen atoms in total. The number of sulfonamides is 1. The number of hydrogen-bond donors (Lipinski definition) is 1. The number of rotatable bonds is 5. The van der Waals surface area contributed by atoms with Crippen molar-refractivity contribution in [2.75, 3.05) is 31.1 Å². The molecule has 0 bridgehead atoms. The molecule has 1 atom stereocenters. The lowest BCUT2D eigenvalue weighted by molar-refractivity contribution is -0.138. The molecule has 0 spiro atoms. The van der Waals surface area contributed by atoms with Crippen LogP contribution in [0, 0.1) is 13.8 Å². The molecule has 1 saturated heterocycles. The largest absolute Gasteiger partial charge is 0.417 e. The Morgan fingerprint density at radius 2 is 1.84 bits per heavy atom. The second-order valence-corrected chi connectivity index (χ2v) is 8.86. The summed E-state index contributed by atoms with van der Waals surface area (Å²) in [4.78, 5) is 19.8. The fraction of sp³-hybridized carbons (Fsp3) is 0.500. The molecule has 3 heterocycles. The minimum Gasteiger partial charge on any atom is -0.360 e. The highest BCUT2D eigenvalue weighted by molar-refractivity contribution is 7.89. The quantitative estimate of drug-likeness (QED) is 0.722. The van der Waals surface area contributed by atoms with Crippen LogP contribution in [0.1, 0.15) is 23.9 Å². The van der Waals surface area contributed by atoms with Crippen molar-refractivity contribution >= 4 is 21.7 Å². The van der Waals surface area contributed by atoms with Gasteiger partial charge in [-0.25, -0.2) is 13.4 Å². The van der Waals surface area contributed by atoms with Crippen LogP contribution in [-0.2, 0) is 21.0 Å². The number of aromatic nitrogens is 2. The van der Waals surface area contributed by atoms with Crippen molar-refractivity contribution in [2.24, 2.45) is 0 Å². The SMILES string of the molecule is Cc1noc(C)c1S(=O)(=O)N[C@@H](C)C(=O)N1CCN(c2ccc(C(F)(F)F)cn2)CC1. The van der Waals surface area contributed by atoms with Crippen LogP contribution in [-0.4, -0.2) is 61.6 Å². The van der Waals surface area contributed by atoms with Gasteiger partial charge in [-0.3, -0.25) is 4.79 Å². The van der Waals surface area contributed by atoms with E-state index < -0.39 is 33.7 Å². The van der Waals surface area contributed by atoms with Gasteiger partial charge in [-0.05, 0) is 32.9 Å². The number of halogens is 3. The maximum atomic E-state index is 12.7. The zero-order valence-electron chi connectivity index (χ0n) is 17.1. The predicted octanol–water partition coefficient (Wildman–Crippen LogP) is 1.72. The van der Waals surface area contributed by atoms with E-state index in [1.54, 1.807) is 4.90 Å². The molecule has 0 aromatic carbocycles. The average Bonchev–Trinajstić information content (AvgIpc) is 3.05.